The van der Waals surface area contributed by atoms with Crippen LogP contribution < -0.4 is 5.73 Å². The Bertz CT molecular complexity index is 202. The quantitative estimate of drug-likeness (QED) is 0.285. The molecule has 0 heterocycles. The predicted molar refractivity (Wildman–Crippen MR) is 102 cm³/mol. The summed E-state index contributed by atoms with van der Waals surface area (Å²) in [5.74, 6) is 1.69. The van der Waals surface area contributed by atoms with E-state index in [0.29, 0.717) is 0 Å². The van der Waals surface area contributed by atoms with Crippen molar-refractivity contribution in [3.05, 3.63) is 0 Å². The number of nitrogens with two attached hydrogens (primary N) is 1. The van der Waals surface area contributed by atoms with Crippen molar-refractivity contribution in [2.75, 3.05) is 6.54 Å². The van der Waals surface area contributed by atoms with Crippen molar-refractivity contribution >= 4 is 0 Å². The Kier molecular flexibility index (Phi) is 17.3. The molecule has 0 aromatic heterocycles. The Hall–Kier alpha value is -0.0400. The van der Waals surface area contributed by atoms with Crippen molar-refractivity contribution in [3.8, 4) is 0 Å². The second-order valence-corrected chi connectivity index (χ2v) is 7.30. The van der Waals surface area contributed by atoms with E-state index in [0.717, 1.165) is 18.4 Å². The van der Waals surface area contributed by atoms with Crippen LogP contribution in [0.25, 0.3) is 0 Å². The highest BCUT2D eigenvalue weighted by atomic mass is 14.6. The third-order valence-corrected chi connectivity index (χ3v) is 5.25. The van der Waals surface area contributed by atoms with E-state index in [1.54, 1.807) is 0 Å². The summed E-state index contributed by atoms with van der Waals surface area (Å²) < 4.78 is 0. The van der Waals surface area contributed by atoms with Crippen LogP contribution in [0.4, 0.5) is 0 Å². The van der Waals surface area contributed by atoms with Gasteiger partial charge in [-0.1, -0.05) is 111 Å². The van der Waals surface area contributed by atoms with Gasteiger partial charge in [0.2, 0.25) is 0 Å². The van der Waals surface area contributed by atoms with Crippen LogP contribution in [0.1, 0.15) is 117 Å². The minimum absolute atomic E-state index is 0.791. The monoisotopic (exact) mass is 311 g/mol. The zero-order chi connectivity index (χ0) is 16.5. The topological polar surface area (TPSA) is 26.0 Å². The van der Waals surface area contributed by atoms with Crippen LogP contribution >= 0.6 is 0 Å². The number of hydrogen-bond donors (Lipinski definition) is 1. The summed E-state index contributed by atoms with van der Waals surface area (Å²) in [6.07, 6.45) is 21.0. The first-order valence-corrected chi connectivity index (χ1v) is 10.5. The molecule has 0 aliphatic rings. The highest BCUT2D eigenvalue weighted by molar-refractivity contribution is 4.72. The van der Waals surface area contributed by atoms with Gasteiger partial charge < -0.3 is 5.73 Å². The second-order valence-electron chi connectivity index (χ2n) is 7.30. The van der Waals surface area contributed by atoms with Gasteiger partial charge in [0.1, 0.15) is 0 Å². The van der Waals surface area contributed by atoms with Crippen LogP contribution in [0.3, 0.4) is 0 Å². The van der Waals surface area contributed by atoms with Gasteiger partial charge in [-0.2, -0.15) is 0 Å². The molecule has 134 valence electrons. The van der Waals surface area contributed by atoms with E-state index in [1.165, 1.54) is 96.3 Å². The molecule has 0 aromatic rings. The molecule has 0 aliphatic heterocycles. The molecule has 0 saturated carbocycles. The summed E-state index contributed by atoms with van der Waals surface area (Å²) in [5, 5.41) is 0. The molecule has 2 unspecified atom stereocenters. The molecule has 0 bridgehead atoms. The van der Waals surface area contributed by atoms with Crippen molar-refractivity contribution in [1.29, 1.82) is 0 Å². The Labute approximate surface area is 141 Å². The molecule has 0 saturated heterocycles. The Morgan fingerprint density at radius 2 is 0.864 bits per heavy atom. The average molecular weight is 312 g/mol. The highest BCUT2D eigenvalue weighted by Crippen LogP contribution is 2.29. The number of unbranched alkanes of at least 4 members (excludes halogenated alkanes) is 9. The maximum atomic E-state index is 6.13. The summed E-state index contributed by atoms with van der Waals surface area (Å²) in [6.45, 7) is 7.82. The zero-order valence-electron chi connectivity index (χ0n) is 16.0. The van der Waals surface area contributed by atoms with Crippen molar-refractivity contribution in [2.45, 2.75) is 117 Å². The van der Waals surface area contributed by atoms with Gasteiger partial charge in [0.15, 0.2) is 0 Å². The molecule has 2 N–H and O–H groups in total. The lowest BCUT2D eigenvalue weighted by molar-refractivity contribution is 0.263. The van der Waals surface area contributed by atoms with Gasteiger partial charge in [0.25, 0.3) is 0 Å². The van der Waals surface area contributed by atoms with E-state index < -0.39 is 0 Å². The van der Waals surface area contributed by atoms with E-state index in [-0.39, 0.29) is 0 Å². The normalized spacial score (nSPS) is 14.2. The Morgan fingerprint density at radius 3 is 1.36 bits per heavy atom. The summed E-state index contributed by atoms with van der Waals surface area (Å²) in [6, 6.07) is 0. The largest absolute Gasteiger partial charge is 0.330 e. The zero-order valence-corrected chi connectivity index (χ0v) is 16.0. The van der Waals surface area contributed by atoms with Crippen LogP contribution in [-0.4, -0.2) is 6.54 Å². The molecule has 0 radical (unpaired) electrons. The van der Waals surface area contributed by atoms with Crippen molar-refractivity contribution in [2.24, 2.45) is 17.6 Å². The SMILES string of the molecule is CCCCCCCCC(CCCCC)C(CN)CCCCC. The predicted octanol–water partition coefficient (Wildman–Crippen LogP) is 7.09. The van der Waals surface area contributed by atoms with Gasteiger partial charge in [0, 0.05) is 0 Å². The fraction of sp³-hybridized carbons (Fsp3) is 1.00. The third-order valence-electron chi connectivity index (χ3n) is 5.25. The molecule has 22 heavy (non-hydrogen) atoms. The summed E-state index contributed by atoms with van der Waals surface area (Å²) in [7, 11) is 0. The first-order chi connectivity index (χ1) is 10.8. The second kappa shape index (κ2) is 17.3. The molecule has 2 atom stereocenters. The number of rotatable bonds is 17. The molecular weight excluding hydrogens is 266 g/mol. The summed E-state index contributed by atoms with van der Waals surface area (Å²) >= 11 is 0. The van der Waals surface area contributed by atoms with E-state index in [9.17, 15) is 0 Å². The minimum atomic E-state index is 0.791. The van der Waals surface area contributed by atoms with Crippen LogP contribution in [0.2, 0.25) is 0 Å². The van der Waals surface area contributed by atoms with Crippen LogP contribution in [0.5, 0.6) is 0 Å². The molecular formula is C21H45N. The van der Waals surface area contributed by atoms with Gasteiger partial charge in [0.05, 0.1) is 0 Å². The first kappa shape index (κ1) is 22.0. The molecule has 0 amide bonds. The molecule has 0 aliphatic carbocycles. The van der Waals surface area contributed by atoms with Crippen LogP contribution in [0.15, 0.2) is 0 Å². The maximum absolute atomic E-state index is 6.13. The molecule has 1 heteroatoms. The summed E-state index contributed by atoms with van der Waals surface area (Å²) in [4.78, 5) is 0. The molecule has 1 nitrogen and oxygen atoms in total. The van der Waals surface area contributed by atoms with Crippen LogP contribution in [-0.2, 0) is 0 Å². The van der Waals surface area contributed by atoms with Gasteiger partial charge >= 0.3 is 0 Å². The van der Waals surface area contributed by atoms with Gasteiger partial charge in [-0.3, -0.25) is 0 Å². The van der Waals surface area contributed by atoms with Crippen molar-refractivity contribution in [1.82, 2.24) is 0 Å². The Morgan fingerprint density at radius 1 is 0.500 bits per heavy atom. The molecule has 0 spiro atoms. The van der Waals surface area contributed by atoms with E-state index in [4.69, 9.17) is 5.73 Å². The molecule has 0 rings (SSSR count). The van der Waals surface area contributed by atoms with E-state index in [2.05, 4.69) is 20.8 Å². The van der Waals surface area contributed by atoms with E-state index in [1.807, 2.05) is 0 Å². The first-order valence-electron chi connectivity index (χ1n) is 10.5. The maximum Gasteiger partial charge on any atom is -0.00462 e. The van der Waals surface area contributed by atoms with Gasteiger partial charge in [-0.05, 0) is 24.8 Å². The molecule has 0 fully saturated rings. The lowest BCUT2D eigenvalue weighted by atomic mass is 9.81. The van der Waals surface area contributed by atoms with Crippen LogP contribution in [0, 0.1) is 11.8 Å². The lowest BCUT2D eigenvalue weighted by Crippen LogP contribution is -2.24. The van der Waals surface area contributed by atoms with Gasteiger partial charge in [-0.25, -0.2) is 0 Å². The van der Waals surface area contributed by atoms with Crippen molar-refractivity contribution < 1.29 is 0 Å². The standard InChI is InChI=1S/C21H45N/c1-4-7-10-11-12-15-17-20(16-13-8-5-2)21(19-22)18-14-9-6-3/h20-21H,4-19,22H2,1-3H3. The minimum Gasteiger partial charge on any atom is -0.330 e. The molecule has 0 aromatic carbocycles. The lowest BCUT2D eigenvalue weighted by Gasteiger charge is -2.26. The highest BCUT2D eigenvalue weighted by Gasteiger charge is 2.19. The average Bonchev–Trinajstić information content (AvgIpc) is 2.54. The fourth-order valence-electron chi connectivity index (χ4n) is 3.66. The van der Waals surface area contributed by atoms with E-state index >= 15 is 0 Å². The summed E-state index contributed by atoms with van der Waals surface area (Å²) in [5.41, 5.74) is 6.13. The third kappa shape index (κ3) is 12.5. The fourth-order valence-corrected chi connectivity index (χ4v) is 3.66. The van der Waals surface area contributed by atoms with Crippen molar-refractivity contribution in [3.63, 3.8) is 0 Å². The number of hydrogen-bond acceptors (Lipinski definition) is 1. The van der Waals surface area contributed by atoms with Gasteiger partial charge in [-0.15, -0.1) is 0 Å². The Balaban J connectivity index is 4.08. The smallest absolute Gasteiger partial charge is 0.00462 e.